The topological polar surface area (TPSA) is 66.8 Å². The van der Waals surface area contributed by atoms with Crippen LogP contribution in [0.2, 0.25) is 0 Å². The lowest BCUT2D eigenvalue weighted by atomic mass is 10.2. The summed E-state index contributed by atoms with van der Waals surface area (Å²) in [4.78, 5) is 24.0. The zero-order valence-electron chi connectivity index (χ0n) is 10.1. The number of carbonyl (C=O) groups is 2. The minimum atomic E-state index is -2.56. The molecule has 5 nitrogen and oxygen atoms in total. The highest BCUT2D eigenvalue weighted by atomic mass is 19.3. The normalized spacial score (nSPS) is 16.7. The Morgan fingerprint density at radius 3 is 2.50 bits per heavy atom. The Kier molecular flexibility index (Phi) is 5.46. The molecule has 1 unspecified atom stereocenters. The van der Waals surface area contributed by atoms with Gasteiger partial charge in [-0.15, -0.1) is 0 Å². The molecule has 0 radical (unpaired) electrons. The van der Waals surface area contributed by atoms with Gasteiger partial charge >= 0.3 is 5.97 Å². The van der Waals surface area contributed by atoms with Crippen LogP contribution in [0.4, 0.5) is 8.78 Å². The maximum absolute atomic E-state index is 11.8. The maximum Gasteiger partial charge on any atom is 0.326 e. The third kappa shape index (κ3) is 4.56. The average Bonchev–Trinajstić information content (AvgIpc) is 3.08. The number of nitrogens with zero attached hydrogens (tertiary/aromatic N) is 1. The number of rotatable bonds is 8. The summed E-state index contributed by atoms with van der Waals surface area (Å²) >= 11 is 0. The lowest BCUT2D eigenvalue weighted by Gasteiger charge is -2.26. The van der Waals surface area contributed by atoms with Crippen molar-refractivity contribution in [1.29, 1.82) is 0 Å². The van der Waals surface area contributed by atoms with Gasteiger partial charge in [0.25, 0.3) is 6.43 Å². The minimum Gasteiger partial charge on any atom is -0.480 e. The first-order valence-electron chi connectivity index (χ1n) is 5.83. The van der Waals surface area contributed by atoms with Gasteiger partial charge in [0.05, 0.1) is 13.0 Å². The van der Waals surface area contributed by atoms with E-state index < -0.39 is 25.0 Å². The minimum absolute atomic E-state index is 0.0290. The molecule has 0 heterocycles. The van der Waals surface area contributed by atoms with E-state index in [9.17, 15) is 18.4 Å². The number of alkyl halides is 2. The monoisotopic (exact) mass is 265 g/mol. The van der Waals surface area contributed by atoms with Crippen LogP contribution in [0.1, 0.15) is 26.2 Å². The van der Waals surface area contributed by atoms with Crippen LogP contribution in [0.3, 0.4) is 0 Å². The lowest BCUT2D eigenvalue weighted by molar-refractivity contribution is -0.150. The van der Waals surface area contributed by atoms with E-state index in [1.54, 1.807) is 0 Å². The van der Waals surface area contributed by atoms with E-state index in [0.29, 0.717) is 0 Å². The van der Waals surface area contributed by atoms with Gasteiger partial charge in [0.1, 0.15) is 12.6 Å². The maximum atomic E-state index is 11.8. The largest absolute Gasteiger partial charge is 0.480 e. The number of aliphatic carboxylic acids is 1. The van der Waals surface area contributed by atoms with Crippen molar-refractivity contribution in [3.63, 3.8) is 0 Å². The van der Waals surface area contributed by atoms with Crippen molar-refractivity contribution in [3.8, 4) is 0 Å². The molecule has 1 fully saturated rings. The molecule has 0 aromatic carbocycles. The summed E-state index contributed by atoms with van der Waals surface area (Å²) in [6.07, 6.45) is -1.04. The number of carboxylic acids is 1. The summed E-state index contributed by atoms with van der Waals surface area (Å²) in [6, 6.07) is -0.918. The van der Waals surface area contributed by atoms with Gasteiger partial charge in [0.15, 0.2) is 0 Å². The van der Waals surface area contributed by atoms with Gasteiger partial charge in [-0.1, -0.05) is 0 Å². The van der Waals surface area contributed by atoms with Crippen LogP contribution in [0.5, 0.6) is 0 Å². The standard InChI is InChI=1S/C11H17F2NO4/c1-7(11(16)17)14(8-2-3-8)10(15)4-5-18-6-9(12)13/h7-9H,2-6H2,1H3,(H,16,17). The molecule has 1 N–H and O–H groups in total. The Bertz CT molecular complexity index is 307. The van der Waals surface area contributed by atoms with Crippen LogP contribution in [0.25, 0.3) is 0 Å². The first-order chi connectivity index (χ1) is 8.43. The summed E-state index contributed by atoms with van der Waals surface area (Å²) in [5.74, 6) is -1.43. The van der Waals surface area contributed by atoms with Crippen molar-refractivity contribution in [2.45, 2.75) is 44.7 Å². The fourth-order valence-electron chi connectivity index (χ4n) is 1.67. The molecule has 0 aromatic rings. The molecule has 104 valence electrons. The second-order valence-corrected chi connectivity index (χ2v) is 4.26. The van der Waals surface area contributed by atoms with Crippen LogP contribution < -0.4 is 0 Å². The second kappa shape index (κ2) is 6.63. The number of carbonyl (C=O) groups excluding carboxylic acids is 1. The number of ether oxygens (including phenoxy) is 1. The first kappa shape index (κ1) is 14.8. The number of halogens is 2. The van der Waals surface area contributed by atoms with Crippen LogP contribution in [-0.4, -0.2) is 53.6 Å². The Labute approximate surface area is 104 Å². The van der Waals surface area contributed by atoms with E-state index in [1.165, 1.54) is 11.8 Å². The SMILES string of the molecule is CC(C(=O)O)N(C(=O)CCOCC(F)F)C1CC1. The number of amides is 1. The zero-order chi connectivity index (χ0) is 13.7. The Balaban J connectivity index is 2.38. The molecule has 0 saturated heterocycles. The summed E-state index contributed by atoms with van der Waals surface area (Å²) in [5, 5.41) is 8.90. The van der Waals surface area contributed by atoms with Crippen LogP contribution in [0, 0.1) is 0 Å². The molecule has 1 aliphatic rings. The molecule has 0 aromatic heterocycles. The van der Waals surface area contributed by atoms with E-state index in [4.69, 9.17) is 5.11 Å². The molecule has 18 heavy (non-hydrogen) atoms. The second-order valence-electron chi connectivity index (χ2n) is 4.26. The fraction of sp³-hybridized carbons (Fsp3) is 0.818. The highest BCUT2D eigenvalue weighted by molar-refractivity contribution is 5.84. The van der Waals surface area contributed by atoms with Gasteiger partial charge in [-0.25, -0.2) is 13.6 Å². The summed E-state index contributed by atoms with van der Waals surface area (Å²) in [5.41, 5.74) is 0. The van der Waals surface area contributed by atoms with Crippen molar-refractivity contribution in [2.75, 3.05) is 13.2 Å². The zero-order valence-corrected chi connectivity index (χ0v) is 10.1. The van der Waals surface area contributed by atoms with Gasteiger partial charge in [-0.2, -0.15) is 0 Å². The van der Waals surface area contributed by atoms with Crippen LogP contribution in [-0.2, 0) is 14.3 Å². The van der Waals surface area contributed by atoms with Crippen molar-refractivity contribution in [1.82, 2.24) is 4.90 Å². The Morgan fingerprint density at radius 1 is 1.44 bits per heavy atom. The highest BCUT2D eigenvalue weighted by Gasteiger charge is 2.37. The molecule has 1 saturated carbocycles. The first-order valence-corrected chi connectivity index (χ1v) is 5.83. The predicted octanol–water partition coefficient (Wildman–Crippen LogP) is 1.12. The van der Waals surface area contributed by atoms with E-state index >= 15 is 0 Å². The van der Waals surface area contributed by atoms with Crippen LogP contribution in [0.15, 0.2) is 0 Å². The quantitative estimate of drug-likeness (QED) is 0.668. The van der Waals surface area contributed by atoms with Crippen LogP contribution >= 0.6 is 0 Å². The summed E-state index contributed by atoms with van der Waals surface area (Å²) < 4.78 is 28.2. The average molecular weight is 265 g/mol. The van der Waals surface area contributed by atoms with Crippen molar-refractivity contribution >= 4 is 11.9 Å². The molecule has 1 amide bonds. The summed E-state index contributed by atoms with van der Waals surface area (Å²) in [7, 11) is 0. The lowest BCUT2D eigenvalue weighted by Crippen LogP contribution is -2.45. The molecule has 1 rings (SSSR count). The van der Waals surface area contributed by atoms with Gasteiger partial charge < -0.3 is 14.7 Å². The fourth-order valence-corrected chi connectivity index (χ4v) is 1.67. The van der Waals surface area contributed by atoms with Crippen molar-refractivity contribution < 1.29 is 28.2 Å². The van der Waals surface area contributed by atoms with Gasteiger partial charge in [0.2, 0.25) is 5.91 Å². The molecule has 7 heteroatoms. The molecule has 1 atom stereocenters. The van der Waals surface area contributed by atoms with Gasteiger partial charge in [-0.3, -0.25) is 4.79 Å². The summed E-state index contributed by atoms with van der Waals surface area (Å²) in [6.45, 7) is 0.627. The molecular weight excluding hydrogens is 248 g/mol. The van der Waals surface area contributed by atoms with E-state index in [1.807, 2.05) is 0 Å². The smallest absolute Gasteiger partial charge is 0.326 e. The molecule has 0 bridgehead atoms. The highest BCUT2D eigenvalue weighted by Crippen LogP contribution is 2.29. The van der Waals surface area contributed by atoms with E-state index in [2.05, 4.69) is 4.74 Å². The Morgan fingerprint density at radius 2 is 2.06 bits per heavy atom. The van der Waals surface area contributed by atoms with E-state index in [-0.39, 0.29) is 25.0 Å². The molecule has 0 spiro atoms. The van der Waals surface area contributed by atoms with Gasteiger partial charge in [-0.05, 0) is 19.8 Å². The van der Waals surface area contributed by atoms with Gasteiger partial charge in [0, 0.05) is 6.04 Å². The Hall–Kier alpha value is -1.24. The predicted molar refractivity (Wildman–Crippen MR) is 58.4 cm³/mol. The number of hydrogen-bond donors (Lipinski definition) is 1. The number of carboxylic acid groups (broad SMARTS) is 1. The van der Waals surface area contributed by atoms with E-state index in [0.717, 1.165) is 12.8 Å². The third-order valence-corrected chi connectivity index (χ3v) is 2.71. The molecule has 1 aliphatic carbocycles. The number of hydrogen-bond acceptors (Lipinski definition) is 3. The molecule has 0 aliphatic heterocycles. The van der Waals surface area contributed by atoms with Crippen molar-refractivity contribution in [3.05, 3.63) is 0 Å². The van der Waals surface area contributed by atoms with Crippen molar-refractivity contribution in [2.24, 2.45) is 0 Å². The molecular formula is C11H17F2NO4. The third-order valence-electron chi connectivity index (χ3n) is 2.71.